The van der Waals surface area contributed by atoms with E-state index in [-0.39, 0.29) is 18.3 Å². The van der Waals surface area contributed by atoms with E-state index >= 15 is 0 Å². The Morgan fingerprint density at radius 3 is 2.22 bits per heavy atom. The van der Waals surface area contributed by atoms with E-state index in [1.807, 2.05) is 60.7 Å². The maximum absolute atomic E-state index is 10.3. The van der Waals surface area contributed by atoms with Crippen molar-refractivity contribution in [2.75, 3.05) is 6.61 Å². The number of ether oxygens (including phenoxy) is 3. The summed E-state index contributed by atoms with van der Waals surface area (Å²) in [4.78, 5) is 0. The van der Waals surface area contributed by atoms with Crippen molar-refractivity contribution < 1.29 is 19.3 Å². The highest BCUT2D eigenvalue weighted by atomic mass is 16.6. The van der Waals surface area contributed by atoms with E-state index in [9.17, 15) is 5.11 Å². The van der Waals surface area contributed by atoms with Gasteiger partial charge >= 0.3 is 0 Å². The maximum atomic E-state index is 10.3. The summed E-state index contributed by atoms with van der Waals surface area (Å²) in [7, 11) is 0. The van der Waals surface area contributed by atoms with Gasteiger partial charge in [0, 0.05) is 12.8 Å². The summed E-state index contributed by atoms with van der Waals surface area (Å²) in [6.07, 6.45) is 4.75. The quantitative estimate of drug-likeness (QED) is 0.728. The van der Waals surface area contributed by atoms with Gasteiger partial charge in [0.1, 0.15) is 6.10 Å². The Balaban J connectivity index is 1.58. The minimum Gasteiger partial charge on any atom is -0.390 e. The van der Waals surface area contributed by atoms with Gasteiger partial charge in [-0.15, -0.1) is 12.3 Å². The van der Waals surface area contributed by atoms with Gasteiger partial charge < -0.3 is 19.3 Å². The van der Waals surface area contributed by atoms with Crippen LogP contribution < -0.4 is 0 Å². The highest BCUT2D eigenvalue weighted by Crippen LogP contribution is 2.26. The van der Waals surface area contributed by atoms with Crippen molar-refractivity contribution in [2.24, 2.45) is 0 Å². The molecule has 2 aromatic rings. The molecule has 4 heteroatoms. The van der Waals surface area contributed by atoms with Gasteiger partial charge in [-0.2, -0.15) is 0 Å². The second-order valence-corrected chi connectivity index (χ2v) is 6.76. The molecule has 3 rings (SSSR count). The zero-order chi connectivity index (χ0) is 18.9. The van der Waals surface area contributed by atoms with Crippen LogP contribution in [0.1, 0.15) is 24.0 Å². The van der Waals surface area contributed by atoms with Crippen molar-refractivity contribution in [3.8, 4) is 12.3 Å². The Labute approximate surface area is 161 Å². The molecule has 0 saturated carbocycles. The van der Waals surface area contributed by atoms with Crippen LogP contribution in [0.25, 0.3) is 0 Å². The number of aliphatic hydroxyl groups is 1. The molecule has 4 atom stereocenters. The Bertz CT molecular complexity index is 710. The summed E-state index contributed by atoms with van der Waals surface area (Å²) >= 11 is 0. The van der Waals surface area contributed by atoms with Gasteiger partial charge in [0.25, 0.3) is 0 Å². The molecule has 0 aliphatic carbocycles. The predicted molar refractivity (Wildman–Crippen MR) is 104 cm³/mol. The van der Waals surface area contributed by atoms with Gasteiger partial charge in [0.05, 0.1) is 38.1 Å². The molecule has 1 aliphatic rings. The fraction of sp³-hybridized carbons (Fsp3) is 0.391. The molecule has 1 N–H and O–H groups in total. The zero-order valence-corrected chi connectivity index (χ0v) is 15.4. The molecule has 0 radical (unpaired) electrons. The normalized spacial score (nSPS) is 25.0. The van der Waals surface area contributed by atoms with Crippen LogP contribution >= 0.6 is 0 Å². The fourth-order valence-corrected chi connectivity index (χ4v) is 3.21. The molecule has 142 valence electrons. The molecule has 1 fully saturated rings. The molecule has 0 bridgehead atoms. The Hall–Kier alpha value is -2.16. The van der Waals surface area contributed by atoms with E-state index < -0.39 is 6.10 Å². The van der Waals surface area contributed by atoms with Gasteiger partial charge in [0.2, 0.25) is 0 Å². The summed E-state index contributed by atoms with van der Waals surface area (Å²) in [6.45, 7) is 1.37. The van der Waals surface area contributed by atoms with Crippen LogP contribution in [0, 0.1) is 12.3 Å². The summed E-state index contributed by atoms with van der Waals surface area (Å²) in [5.74, 6) is 2.58. The molecule has 0 unspecified atom stereocenters. The molecular formula is C23H26O4. The van der Waals surface area contributed by atoms with Gasteiger partial charge in [-0.1, -0.05) is 60.7 Å². The predicted octanol–water partition coefficient (Wildman–Crippen LogP) is 3.33. The lowest BCUT2D eigenvalue weighted by atomic mass is 9.96. The first kappa shape index (κ1) is 19.6. The SMILES string of the molecule is C#CC[C@H]1O[C@H](COCc2ccccc2)[C@@H](OCc2ccccc2)C[C@@H]1O. The average Bonchev–Trinajstić information content (AvgIpc) is 2.71. The number of hydrogen-bond acceptors (Lipinski definition) is 4. The largest absolute Gasteiger partial charge is 0.390 e. The van der Waals surface area contributed by atoms with Gasteiger partial charge in [-0.25, -0.2) is 0 Å². The second-order valence-electron chi connectivity index (χ2n) is 6.76. The lowest BCUT2D eigenvalue weighted by Crippen LogP contribution is -2.50. The fourth-order valence-electron chi connectivity index (χ4n) is 3.21. The van der Waals surface area contributed by atoms with E-state index in [1.165, 1.54) is 0 Å². The standard InChI is InChI=1S/C23H26O4/c1-2-9-21-20(24)14-22(26-16-19-12-7-4-8-13-19)23(27-21)17-25-15-18-10-5-3-6-11-18/h1,3-8,10-13,20-24H,9,14-17H2/t20-,21+,22-,23+/m0/s1. The second kappa shape index (κ2) is 10.2. The summed E-state index contributed by atoms with van der Waals surface area (Å²) in [5.41, 5.74) is 2.19. The summed E-state index contributed by atoms with van der Waals surface area (Å²) < 4.78 is 18.0. The monoisotopic (exact) mass is 366 g/mol. The molecule has 1 heterocycles. The molecule has 1 aliphatic heterocycles. The topological polar surface area (TPSA) is 47.9 Å². The van der Waals surface area contributed by atoms with Crippen LogP contribution in [-0.4, -0.2) is 36.1 Å². The summed E-state index contributed by atoms with van der Waals surface area (Å²) in [5, 5.41) is 10.3. The average molecular weight is 366 g/mol. The lowest BCUT2D eigenvalue weighted by Gasteiger charge is -2.38. The minimum absolute atomic E-state index is 0.245. The molecule has 27 heavy (non-hydrogen) atoms. The third-order valence-electron chi connectivity index (χ3n) is 4.69. The molecule has 1 saturated heterocycles. The highest BCUT2D eigenvalue weighted by Gasteiger charge is 2.37. The van der Waals surface area contributed by atoms with E-state index in [2.05, 4.69) is 5.92 Å². The van der Waals surface area contributed by atoms with Gasteiger partial charge in [-0.05, 0) is 11.1 Å². The summed E-state index contributed by atoms with van der Waals surface area (Å²) in [6, 6.07) is 20.0. The van der Waals surface area contributed by atoms with Crippen molar-refractivity contribution in [3.05, 3.63) is 71.8 Å². The number of rotatable bonds is 8. The smallest absolute Gasteiger partial charge is 0.108 e. The number of aliphatic hydroxyl groups excluding tert-OH is 1. The van der Waals surface area contributed by atoms with Gasteiger partial charge in [0.15, 0.2) is 0 Å². The first-order valence-corrected chi connectivity index (χ1v) is 9.30. The van der Waals surface area contributed by atoms with Crippen molar-refractivity contribution >= 4 is 0 Å². The van der Waals surface area contributed by atoms with E-state index in [0.717, 1.165) is 11.1 Å². The third-order valence-corrected chi connectivity index (χ3v) is 4.69. The van der Waals surface area contributed by atoms with Gasteiger partial charge in [-0.3, -0.25) is 0 Å². The molecule has 0 amide bonds. The van der Waals surface area contributed by atoms with E-state index in [0.29, 0.717) is 32.7 Å². The first-order valence-electron chi connectivity index (χ1n) is 9.30. The zero-order valence-electron chi connectivity index (χ0n) is 15.4. The molecule has 0 aromatic heterocycles. The number of benzene rings is 2. The van der Waals surface area contributed by atoms with Crippen LogP contribution in [-0.2, 0) is 27.4 Å². The number of hydrogen-bond donors (Lipinski definition) is 1. The van der Waals surface area contributed by atoms with E-state index in [4.69, 9.17) is 20.6 Å². The number of terminal acetylenes is 1. The first-order chi connectivity index (χ1) is 13.3. The molecule has 2 aromatic carbocycles. The Morgan fingerprint density at radius 1 is 0.963 bits per heavy atom. The van der Waals surface area contributed by atoms with Crippen LogP contribution in [0.15, 0.2) is 60.7 Å². The lowest BCUT2D eigenvalue weighted by molar-refractivity contribution is -0.200. The molecule has 0 spiro atoms. The Morgan fingerprint density at radius 2 is 1.59 bits per heavy atom. The Kier molecular flexibility index (Phi) is 7.44. The minimum atomic E-state index is -0.632. The van der Waals surface area contributed by atoms with Crippen molar-refractivity contribution in [1.29, 1.82) is 0 Å². The van der Waals surface area contributed by atoms with Crippen molar-refractivity contribution in [2.45, 2.75) is 50.5 Å². The van der Waals surface area contributed by atoms with Crippen molar-refractivity contribution in [1.82, 2.24) is 0 Å². The highest BCUT2D eigenvalue weighted by molar-refractivity contribution is 5.14. The molecular weight excluding hydrogens is 340 g/mol. The van der Waals surface area contributed by atoms with Crippen LogP contribution in [0.2, 0.25) is 0 Å². The maximum Gasteiger partial charge on any atom is 0.108 e. The third kappa shape index (κ3) is 5.92. The van der Waals surface area contributed by atoms with E-state index in [1.54, 1.807) is 0 Å². The van der Waals surface area contributed by atoms with Crippen molar-refractivity contribution in [3.63, 3.8) is 0 Å². The van der Waals surface area contributed by atoms with Crippen LogP contribution in [0.5, 0.6) is 0 Å². The molecule has 4 nitrogen and oxygen atoms in total. The van der Waals surface area contributed by atoms with Crippen LogP contribution in [0.4, 0.5) is 0 Å². The van der Waals surface area contributed by atoms with Crippen LogP contribution in [0.3, 0.4) is 0 Å².